The number of carbonyl (C=O) groups excluding carboxylic acids is 3. The van der Waals surface area contributed by atoms with Gasteiger partial charge in [-0.1, -0.05) is 33.1 Å². The van der Waals surface area contributed by atoms with Crippen LogP contribution in [0.15, 0.2) is 5.38 Å². The number of nitrogens with one attached hydrogen (secondary N) is 2. The Hall–Kier alpha value is -2.00. The monoisotopic (exact) mass is 438 g/mol. The van der Waals surface area contributed by atoms with Crippen molar-refractivity contribution in [2.75, 3.05) is 38.7 Å². The molecule has 1 aromatic rings. The zero-order valence-corrected chi connectivity index (χ0v) is 19.1. The van der Waals surface area contributed by atoms with E-state index in [1.165, 1.54) is 17.8 Å². The van der Waals surface area contributed by atoms with E-state index in [1.54, 1.807) is 17.4 Å². The fourth-order valence-electron chi connectivity index (χ4n) is 3.58. The summed E-state index contributed by atoms with van der Waals surface area (Å²) in [6.45, 7) is 5.58. The van der Waals surface area contributed by atoms with Gasteiger partial charge >= 0.3 is 0 Å². The van der Waals surface area contributed by atoms with Gasteiger partial charge in [0.15, 0.2) is 5.13 Å². The number of aromatic nitrogens is 1. The van der Waals surface area contributed by atoms with Gasteiger partial charge in [-0.25, -0.2) is 4.98 Å². The van der Waals surface area contributed by atoms with E-state index in [0.29, 0.717) is 30.5 Å². The van der Waals surface area contributed by atoms with Crippen molar-refractivity contribution in [3.05, 3.63) is 11.1 Å². The molecule has 1 aliphatic carbocycles. The summed E-state index contributed by atoms with van der Waals surface area (Å²) in [6, 6.07) is 0. The standard InChI is InChI=1S/C21H34N4O4S/c1-15(2)12-25(20(28)16-7-5-4-6-8-16)13-19(27)24-21-23-17(14-30-21)11-18(26)22-9-10-29-3/h14-16H,4-13H2,1-3H3,(H,22,26)(H,23,24,27). The van der Waals surface area contributed by atoms with Gasteiger partial charge in [0, 0.05) is 31.5 Å². The number of rotatable bonds is 11. The van der Waals surface area contributed by atoms with Gasteiger partial charge < -0.3 is 20.3 Å². The van der Waals surface area contributed by atoms with Gasteiger partial charge in [0.05, 0.1) is 25.3 Å². The maximum Gasteiger partial charge on any atom is 0.245 e. The minimum Gasteiger partial charge on any atom is -0.383 e. The number of ether oxygens (including phenoxy) is 1. The van der Waals surface area contributed by atoms with Crippen molar-refractivity contribution in [3.8, 4) is 0 Å². The number of hydrogen-bond acceptors (Lipinski definition) is 6. The van der Waals surface area contributed by atoms with Crippen LogP contribution in [0.4, 0.5) is 5.13 Å². The maximum absolute atomic E-state index is 12.9. The largest absolute Gasteiger partial charge is 0.383 e. The second-order valence-corrected chi connectivity index (χ2v) is 9.02. The lowest BCUT2D eigenvalue weighted by atomic mass is 9.88. The number of amides is 3. The van der Waals surface area contributed by atoms with E-state index in [4.69, 9.17) is 4.74 Å². The zero-order valence-electron chi connectivity index (χ0n) is 18.2. The SMILES string of the molecule is COCCNC(=O)Cc1csc(NC(=O)CN(CC(C)C)C(=O)C2CCCCC2)n1. The second kappa shape index (κ2) is 12.6. The van der Waals surface area contributed by atoms with Crippen LogP contribution < -0.4 is 10.6 Å². The molecule has 0 atom stereocenters. The molecule has 0 radical (unpaired) electrons. The normalized spacial score (nSPS) is 14.5. The van der Waals surface area contributed by atoms with Gasteiger partial charge in [0.2, 0.25) is 17.7 Å². The van der Waals surface area contributed by atoms with Crippen molar-refractivity contribution >= 4 is 34.2 Å². The van der Waals surface area contributed by atoms with Gasteiger partial charge in [0.25, 0.3) is 0 Å². The van der Waals surface area contributed by atoms with Gasteiger partial charge in [-0.15, -0.1) is 11.3 Å². The van der Waals surface area contributed by atoms with E-state index in [-0.39, 0.29) is 42.5 Å². The molecular formula is C21H34N4O4S. The van der Waals surface area contributed by atoms with Crippen molar-refractivity contribution in [1.29, 1.82) is 0 Å². The van der Waals surface area contributed by atoms with Gasteiger partial charge in [-0.05, 0) is 18.8 Å². The highest BCUT2D eigenvalue weighted by Crippen LogP contribution is 2.26. The minimum absolute atomic E-state index is 0.0277. The molecular weight excluding hydrogens is 404 g/mol. The summed E-state index contributed by atoms with van der Waals surface area (Å²) in [6.07, 6.45) is 5.33. The molecule has 2 N–H and O–H groups in total. The first-order chi connectivity index (χ1) is 14.4. The van der Waals surface area contributed by atoms with Gasteiger partial charge in [-0.3, -0.25) is 14.4 Å². The van der Waals surface area contributed by atoms with Crippen LogP contribution in [0.3, 0.4) is 0 Å². The summed E-state index contributed by atoms with van der Waals surface area (Å²) in [5.41, 5.74) is 0.600. The highest BCUT2D eigenvalue weighted by Gasteiger charge is 2.27. The lowest BCUT2D eigenvalue weighted by molar-refractivity contribution is -0.139. The number of nitrogens with zero attached hydrogens (tertiary/aromatic N) is 2. The third-order valence-electron chi connectivity index (χ3n) is 4.95. The van der Waals surface area contributed by atoms with Crippen LogP contribution in [0.25, 0.3) is 0 Å². The van der Waals surface area contributed by atoms with Crippen LogP contribution >= 0.6 is 11.3 Å². The molecule has 0 spiro atoms. The average Bonchev–Trinajstić information content (AvgIpc) is 3.13. The Labute approximate surface area is 182 Å². The molecule has 0 bridgehead atoms. The summed E-state index contributed by atoms with van der Waals surface area (Å²) in [5, 5.41) is 7.71. The molecule has 30 heavy (non-hydrogen) atoms. The third kappa shape index (κ3) is 8.39. The minimum atomic E-state index is -0.259. The van der Waals surface area contributed by atoms with Crippen LogP contribution in [-0.2, 0) is 25.5 Å². The molecule has 3 amide bonds. The highest BCUT2D eigenvalue weighted by atomic mass is 32.1. The Morgan fingerprint density at radius 1 is 1.23 bits per heavy atom. The molecule has 0 saturated heterocycles. The Morgan fingerprint density at radius 2 is 1.97 bits per heavy atom. The molecule has 1 aliphatic rings. The molecule has 0 aliphatic heterocycles. The number of methoxy groups -OCH3 is 1. The molecule has 1 fully saturated rings. The third-order valence-corrected chi connectivity index (χ3v) is 5.76. The summed E-state index contributed by atoms with van der Waals surface area (Å²) in [5.74, 6) is 0.00888. The van der Waals surface area contributed by atoms with E-state index >= 15 is 0 Å². The second-order valence-electron chi connectivity index (χ2n) is 8.16. The summed E-state index contributed by atoms with van der Waals surface area (Å²) in [4.78, 5) is 43.4. The Morgan fingerprint density at radius 3 is 2.63 bits per heavy atom. The first kappa shape index (κ1) is 24.3. The van der Waals surface area contributed by atoms with E-state index in [1.807, 2.05) is 13.8 Å². The molecule has 0 unspecified atom stereocenters. The molecule has 168 valence electrons. The smallest absolute Gasteiger partial charge is 0.245 e. The molecule has 8 nitrogen and oxygen atoms in total. The summed E-state index contributed by atoms with van der Waals surface area (Å²) < 4.78 is 4.90. The Kier molecular flexibility index (Phi) is 10.2. The molecule has 1 saturated carbocycles. The van der Waals surface area contributed by atoms with E-state index in [9.17, 15) is 14.4 Å². The lowest BCUT2D eigenvalue weighted by Gasteiger charge is -2.30. The first-order valence-corrected chi connectivity index (χ1v) is 11.6. The summed E-state index contributed by atoms with van der Waals surface area (Å²) in [7, 11) is 1.58. The van der Waals surface area contributed by atoms with E-state index in [0.717, 1.165) is 25.7 Å². The number of hydrogen-bond donors (Lipinski definition) is 2. The van der Waals surface area contributed by atoms with E-state index < -0.39 is 0 Å². The van der Waals surface area contributed by atoms with Crippen LogP contribution in [-0.4, -0.2) is 61.0 Å². The van der Waals surface area contributed by atoms with E-state index in [2.05, 4.69) is 15.6 Å². The predicted molar refractivity (Wildman–Crippen MR) is 117 cm³/mol. The van der Waals surface area contributed by atoms with Gasteiger partial charge in [-0.2, -0.15) is 0 Å². The van der Waals surface area contributed by atoms with Gasteiger partial charge in [0.1, 0.15) is 0 Å². The predicted octanol–water partition coefficient (Wildman–Crippen LogP) is 2.45. The molecule has 9 heteroatoms. The quantitative estimate of drug-likeness (QED) is 0.517. The maximum atomic E-state index is 12.9. The lowest BCUT2D eigenvalue weighted by Crippen LogP contribution is -2.43. The zero-order chi connectivity index (χ0) is 21.9. The van der Waals surface area contributed by atoms with Crippen LogP contribution in [0.1, 0.15) is 51.6 Å². The highest BCUT2D eigenvalue weighted by molar-refractivity contribution is 7.13. The van der Waals surface area contributed by atoms with Crippen LogP contribution in [0.2, 0.25) is 0 Å². The molecule has 1 aromatic heterocycles. The number of thiazole rings is 1. The first-order valence-electron chi connectivity index (χ1n) is 10.7. The van der Waals surface area contributed by atoms with Crippen LogP contribution in [0, 0.1) is 11.8 Å². The fraction of sp³-hybridized carbons (Fsp3) is 0.714. The Balaban J connectivity index is 1.88. The van der Waals surface area contributed by atoms with Crippen molar-refractivity contribution in [2.24, 2.45) is 11.8 Å². The van der Waals surface area contributed by atoms with Crippen molar-refractivity contribution in [3.63, 3.8) is 0 Å². The topological polar surface area (TPSA) is 101 Å². The van der Waals surface area contributed by atoms with Crippen molar-refractivity contribution in [1.82, 2.24) is 15.2 Å². The molecule has 2 rings (SSSR count). The average molecular weight is 439 g/mol. The molecule has 1 heterocycles. The van der Waals surface area contributed by atoms with Crippen molar-refractivity contribution < 1.29 is 19.1 Å². The number of anilines is 1. The summed E-state index contributed by atoms with van der Waals surface area (Å²) >= 11 is 1.27. The van der Waals surface area contributed by atoms with Crippen molar-refractivity contribution in [2.45, 2.75) is 52.4 Å². The van der Waals surface area contributed by atoms with Crippen LogP contribution in [0.5, 0.6) is 0 Å². The molecule has 0 aromatic carbocycles. The number of carbonyl (C=O) groups is 3. The fourth-order valence-corrected chi connectivity index (χ4v) is 4.30. The Bertz CT molecular complexity index is 701.